The first-order chi connectivity index (χ1) is 13.6. The average Bonchev–Trinajstić information content (AvgIpc) is 2.73. The van der Waals surface area contributed by atoms with Crippen LogP contribution >= 0.6 is 24.0 Å². The molecule has 2 fully saturated rings. The standard InChI is InChI=1S/C21H33N7.HI/c1-23-21(24-14-19-16-26(2)11-12-27(19)3)25-18-8-6-10-28(15-18)20-9-5-4-7-17(20)13-22;/h4-5,7,9,18-19H,6,8,10-12,14-16H2,1-3H3,(H2,23,24,25);1H. The van der Waals surface area contributed by atoms with Gasteiger partial charge >= 0.3 is 0 Å². The van der Waals surface area contributed by atoms with E-state index in [0.717, 1.165) is 69.3 Å². The SMILES string of the molecule is CN=C(NCC1CN(C)CCN1C)NC1CCCN(c2ccccc2C#N)C1.I. The molecule has 2 heterocycles. The Morgan fingerprint density at radius 1 is 1.21 bits per heavy atom. The summed E-state index contributed by atoms with van der Waals surface area (Å²) in [6.45, 7) is 6.05. The Bertz CT molecular complexity index is 717. The molecule has 2 aliphatic heterocycles. The van der Waals surface area contributed by atoms with Gasteiger partial charge in [-0.2, -0.15) is 5.26 Å². The number of guanidine groups is 1. The molecule has 2 aliphatic rings. The number of hydrogen-bond donors (Lipinski definition) is 2. The van der Waals surface area contributed by atoms with Gasteiger partial charge in [0.15, 0.2) is 5.96 Å². The molecule has 3 rings (SSSR count). The van der Waals surface area contributed by atoms with Crippen LogP contribution in [0, 0.1) is 11.3 Å². The smallest absolute Gasteiger partial charge is 0.191 e. The van der Waals surface area contributed by atoms with E-state index >= 15 is 0 Å². The molecule has 2 unspecified atom stereocenters. The monoisotopic (exact) mass is 511 g/mol. The normalized spacial score (nSPS) is 23.8. The number of hydrogen-bond acceptors (Lipinski definition) is 5. The summed E-state index contributed by atoms with van der Waals surface area (Å²) in [5, 5.41) is 16.5. The Labute approximate surface area is 192 Å². The van der Waals surface area contributed by atoms with Crippen LogP contribution in [0.5, 0.6) is 0 Å². The number of nitriles is 1. The van der Waals surface area contributed by atoms with Gasteiger partial charge in [-0.3, -0.25) is 9.89 Å². The van der Waals surface area contributed by atoms with Crippen molar-refractivity contribution in [2.75, 3.05) is 65.3 Å². The zero-order valence-corrected chi connectivity index (χ0v) is 20.1. The summed E-state index contributed by atoms with van der Waals surface area (Å²) in [6.07, 6.45) is 2.21. The number of nitrogens with zero attached hydrogens (tertiary/aromatic N) is 5. The van der Waals surface area contributed by atoms with Crippen LogP contribution in [-0.2, 0) is 0 Å². The highest BCUT2D eigenvalue weighted by molar-refractivity contribution is 14.0. The molecule has 0 saturated carbocycles. The molecular weight excluding hydrogens is 477 g/mol. The first-order valence-electron chi connectivity index (χ1n) is 10.2. The Hall–Kier alpha value is -1.57. The largest absolute Gasteiger partial charge is 0.368 e. The van der Waals surface area contributed by atoms with Crippen LogP contribution in [0.3, 0.4) is 0 Å². The molecule has 0 aliphatic carbocycles. The molecule has 0 radical (unpaired) electrons. The van der Waals surface area contributed by atoms with Crippen LogP contribution in [0.2, 0.25) is 0 Å². The summed E-state index contributed by atoms with van der Waals surface area (Å²) in [4.78, 5) is 11.6. The summed E-state index contributed by atoms with van der Waals surface area (Å²) in [7, 11) is 6.21. The molecule has 0 bridgehead atoms. The fourth-order valence-corrected chi connectivity index (χ4v) is 4.08. The van der Waals surface area contributed by atoms with E-state index in [4.69, 9.17) is 0 Å². The number of likely N-dealkylation sites (N-methyl/N-ethyl adjacent to an activating group) is 2. The third-order valence-electron chi connectivity index (χ3n) is 5.84. The molecule has 1 aromatic rings. The molecule has 0 aromatic heterocycles. The van der Waals surface area contributed by atoms with E-state index in [-0.39, 0.29) is 24.0 Å². The Morgan fingerprint density at radius 3 is 2.76 bits per heavy atom. The van der Waals surface area contributed by atoms with Gasteiger partial charge in [-0.1, -0.05) is 12.1 Å². The molecule has 2 saturated heterocycles. The van der Waals surface area contributed by atoms with E-state index in [1.807, 2.05) is 31.3 Å². The minimum atomic E-state index is 0. The van der Waals surface area contributed by atoms with Crippen LogP contribution in [0.1, 0.15) is 18.4 Å². The van der Waals surface area contributed by atoms with E-state index in [2.05, 4.69) is 50.5 Å². The summed E-state index contributed by atoms with van der Waals surface area (Å²) in [6, 6.07) is 11.0. The molecule has 160 valence electrons. The quantitative estimate of drug-likeness (QED) is 0.364. The van der Waals surface area contributed by atoms with Crippen molar-refractivity contribution in [3.8, 4) is 6.07 Å². The summed E-state index contributed by atoms with van der Waals surface area (Å²) < 4.78 is 0. The number of nitrogens with one attached hydrogen (secondary N) is 2. The highest BCUT2D eigenvalue weighted by atomic mass is 127. The van der Waals surface area contributed by atoms with Crippen LogP contribution < -0.4 is 15.5 Å². The fourth-order valence-electron chi connectivity index (χ4n) is 4.08. The van der Waals surface area contributed by atoms with E-state index < -0.39 is 0 Å². The molecule has 2 atom stereocenters. The molecule has 29 heavy (non-hydrogen) atoms. The van der Waals surface area contributed by atoms with Gasteiger partial charge in [0.25, 0.3) is 0 Å². The van der Waals surface area contributed by atoms with Crippen molar-refractivity contribution in [1.82, 2.24) is 20.4 Å². The maximum atomic E-state index is 9.40. The second-order valence-electron chi connectivity index (χ2n) is 7.91. The first kappa shape index (κ1) is 23.7. The zero-order chi connectivity index (χ0) is 19.9. The second kappa shape index (κ2) is 11.6. The Balaban J connectivity index is 0.00000300. The van der Waals surface area contributed by atoms with Crippen LogP contribution in [0.15, 0.2) is 29.3 Å². The number of benzene rings is 1. The van der Waals surface area contributed by atoms with Gasteiger partial charge in [0.1, 0.15) is 6.07 Å². The number of para-hydroxylation sites is 1. The number of rotatable bonds is 4. The number of piperazine rings is 1. The molecule has 0 spiro atoms. The van der Waals surface area contributed by atoms with E-state index in [1.165, 1.54) is 0 Å². The highest BCUT2D eigenvalue weighted by Crippen LogP contribution is 2.23. The van der Waals surface area contributed by atoms with Gasteiger partial charge in [0, 0.05) is 58.4 Å². The fraction of sp³-hybridized carbons (Fsp3) is 0.619. The molecule has 7 nitrogen and oxygen atoms in total. The third-order valence-corrected chi connectivity index (χ3v) is 5.84. The number of aliphatic imine (C=N–C) groups is 1. The maximum absolute atomic E-state index is 9.40. The predicted octanol–water partition coefficient (Wildman–Crippen LogP) is 1.56. The van der Waals surface area contributed by atoms with Crippen molar-refractivity contribution in [1.29, 1.82) is 5.26 Å². The van der Waals surface area contributed by atoms with Crippen molar-refractivity contribution in [2.24, 2.45) is 4.99 Å². The van der Waals surface area contributed by atoms with E-state index in [0.29, 0.717) is 12.1 Å². The number of anilines is 1. The number of halogens is 1. The zero-order valence-electron chi connectivity index (χ0n) is 17.8. The summed E-state index contributed by atoms with van der Waals surface area (Å²) in [5.41, 5.74) is 1.78. The van der Waals surface area contributed by atoms with Crippen LogP contribution in [0.4, 0.5) is 5.69 Å². The van der Waals surface area contributed by atoms with Gasteiger partial charge in [-0.25, -0.2) is 0 Å². The Kier molecular flexibility index (Phi) is 9.46. The second-order valence-corrected chi connectivity index (χ2v) is 7.91. The van der Waals surface area contributed by atoms with Crippen molar-refractivity contribution in [3.63, 3.8) is 0 Å². The lowest BCUT2D eigenvalue weighted by atomic mass is 10.0. The molecule has 1 aromatic carbocycles. The average molecular weight is 511 g/mol. The summed E-state index contributed by atoms with van der Waals surface area (Å²) in [5.74, 6) is 0.863. The van der Waals surface area contributed by atoms with Gasteiger partial charge in [0.05, 0.1) is 11.3 Å². The first-order valence-corrected chi connectivity index (χ1v) is 10.2. The molecular formula is C21H34IN7. The van der Waals surface area contributed by atoms with E-state index in [9.17, 15) is 5.26 Å². The molecule has 8 heteroatoms. The van der Waals surface area contributed by atoms with Gasteiger partial charge in [0.2, 0.25) is 0 Å². The van der Waals surface area contributed by atoms with Crippen molar-refractivity contribution in [3.05, 3.63) is 29.8 Å². The predicted molar refractivity (Wildman–Crippen MR) is 130 cm³/mol. The topological polar surface area (TPSA) is 69.9 Å². The lowest BCUT2D eigenvalue weighted by molar-refractivity contribution is 0.116. The lowest BCUT2D eigenvalue weighted by Gasteiger charge is -2.38. The lowest BCUT2D eigenvalue weighted by Crippen LogP contribution is -2.57. The van der Waals surface area contributed by atoms with Crippen LogP contribution in [-0.4, -0.2) is 88.3 Å². The van der Waals surface area contributed by atoms with Gasteiger partial charge < -0.3 is 20.4 Å². The van der Waals surface area contributed by atoms with Crippen molar-refractivity contribution < 1.29 is 0 Å². The number of piperidine rings is 1. The van der Waals surface area contributed by atoms with Crippen molar-refractivity contribution >= 4 is 35.6 Å². The Morgan fingerprint density at radius 2 is 2.00 bits per heavy atom. The van der Waals surface area contributed by atoms with Crippen molar-refractivity contribution in [2.45, 2.75) is 24.9 Å². The third kappa shape index (κ3) is 6.46. The minimum Gasteiger partial charge on any atom is -0.368 e. The molecule has 0 amide bonds. The van der Waals surface area contributed by atoms with Crippen LogP contribution in [0.25, 0.3) is 0 Å². The van der Waals surface area contributed by atoms with Gasteiger partial charge in [-0.05, 0) is 39.1 Å². The highest BCUT2D eigenvalue weighted by Gasteiger charge is 2.24. The van der Waals surface area contributed by atoms with Gasteiger partial charge in [-0.15, -0.1) is 24.0 Å². The molecule has 2 N–H and O–H groups in total. The maximum Gasteiger partial charge on any atom is 0.191 e. The minimum absolute atomic E-state index is 0. The van der Waals surface area contributed by atoms with E-state index in [1.54, 1.807) is 0 Å². The summed E-state index contributed by atoms with van der Waals surface area (Å²) >= 11 is 0.